The molecular formula is C10H12BrF3N2. The van der Waals surface area contributed by atoms with Gasteiger partial charge in [0.2, 0.25) is 0 Å². The first kappa shape index (κ1) is 13.3. The average molecular weight is 297 g/mol. The highest BCUT2D eigenvalue weighted by Gasteiger charge is 2.25. The van der Waals surface area contributed by atoms with E-state index in [1.807, 2.05) is 0 Å². The van der Waals surface area contributed by atoms with Crippen LogP contribution in [-0.2, 0) is 6.54 Å². The molecule has 2 nitrogen and oxygen atoms in total. The number of alkyl halides is 3. The van der Waals surface area contributed by atoms with Crippen molar-refractivity contribution in [3.8, 4) is 0 Å². The predicted molar refractivity (Wildman–Crippen MR) is 60.9 cm³/mol. The Balaban J connectivity index is 2.35. The van der Waals surface area contributed by atoms with Crippen molar-refractivity contribution in [3.05, 3.63) is 28.2 Å². The molecule has 6 heteroatoms. The summed E-state index contributed by atoms with van der Waals surface area (Å²) in [4.78, 5) is 0. The van der Waals surface area contributed by atoms with Gasteiger partial charge in [0.25, 0.3) is 0 Å². The quantitative estimate of drug-likeness (QED) is 0.662. The van der Waals surface area contributed by atoms with Crippen molar-refractivity contribution in [2.45, 2.75) is 19.1 Å². The van der Waals surface area contributed by atoms with Crippen LogP contribution in [0.1, 0.15) is 12.0 Å². The van der Waals surface area contributed by atoms with Crippen LogP contribution in [-0.4, -0.2) is 12.7 Å². The summed E-state index contributed by atoms with van der Waals surface area (Å²) >= 11 is 3.24. The van der Waals surface area contributed by atoms with E-state index >= 15 is 0 Å². The SMILES string of the molecule is Nc1cc(CNCCC(F)(F)F)ccc1Br. The highest BCUT2D eigenvalue weighted by molar-refractivity contribution is 9.10. The van der Waals surface area contributed by atoms with Gasteiger partial charge in [0.1, 0.15) is 0 Å². The Morgan fingerprint density at radius 2 is 2.00 bits per heavy atom. The zero-order valence-electron chi connectivity index (χ0n) is 8.44. The number of hydrogen-bond acceptors (Lipinski definition) is 2. The Bertz CT molecular complexity index is 352. The molecule has 0 spiro atoms. The molecule has 0 saturated carbocycles. The molecule has 0 unspecified atom stereocenters. The lowest BCUT2D eigenvalue weighted by Crippen LogP contribution is -2.21. The lowest BCUT2D eigenvalue weighted by molar-refractivity contribution is -0.133. The van der Waals surface area contributed by atoms with Crippen molar-refractivity contribution in [1.29, 1.82) is 0 Å². The first-order valence-corrected chi connectivity index (χ1v) is 5.49. The molecule has 90 valence electrons. The zero-order valence-corrected chi connectivity index (χ0v) is 10.0. The molecule has 0 bridgehead atoms. The molecule has 1 aromatic carbocycles. The van der Waals surface area contributed by atoms with Crippen LogP contribution in [0.5, 0.6) is 0 Å². The van der Waals surface area contributed by atoms with Gasteiger partial charge < -0.3 is 11.1 Å². The van der Waals surface area contributed by atoms with Gasteiger partial charge in [-0.2, -0.15) is 13.2 Å². The van der Waals surface area contributed by atoms with Crippen molar-refractivity contribution in [1.82, 2.24) is 5.32 Å². The summed E-state index contributed by atoms with van der Waals surface area (Å²) in [5, 5.41) is 2.71. The lowest BCUT2D eigenvalue weighted by atomic mass is 10.2. The Labute approximate surface area is 100 Å². The largest absolute Gasteiger partial charge is 0.398 e. The molecule has 1 rings (SSSR count). The summed E-state index contributed by atoms with van der Waals surface area (Å²) in [6.07, 6.45) is -4.93. The highest BCUT2D eigenvalue weighted by atomic mass is 79.9. The number of rotatable bonds is 4. The third-order valence-corrected chi connectivity index (χ3v) is 2.70. The van der Waals surface area contributed by atoms with Gasteiger partial charge in [-0.05, 0) is 33.6 Å². The summed E-state index contributed by atoms with van der Waals surface area (Å²) < 4.78 is 36.3. The smallest absolute Gasteiger partial charge is 0.390 e. The normalized spacial score (nSPS) is 11.8. The summed E-state index contributed by atoms with van der Waals surface area (Å²) in [6, 6.07) is 5.31. The number of nitrogens with one attached hydrogen (secondary N) is 1. The third kappa shape index (κ3) is 4.85. The van der Waals surface area contributed by atoms with E-state index in [4.69, 9.17) is 5.73 Å². The van der Waals surface area contributed by atoms with Crippen LogP contribution < -0.4 is 11.1 Å². The topological polar surface area (TPSA) is 38.0 Å². The van der Waals surface area contributed by atoms with Gasteiger partial charge >= 0.3 is 6.18 Å². The van der Waals surface area contributed by atoms with Crippen molar-refractivity contribution in [2.75, 3.05) is 12.3 Å². The Morgan fingerprint density at radius 3 is 2.56 bits per heavy atom. The number of nitrogen functional groups attached to an aromatic ring is 1. The maximum Gasteiger partial charge on any atom is 0.390 e. The second kappa shape index (κ2) is 5.54. The molecule has 0 aliphatic heterocycles. The second-order valence-electron chi connectivity index (χ2n) is 3.40. The van der Waals surface area contributed by atoms with Crippen LogP contribution in [0.3, 0.4) is 0 Å². The van der Waals surface area contributed by atoms with E-state index < -0.39 is 12.6 Å². The molecule has 0 aliphatic rings. The van der Waals surface area contributed by atoms with E-state index in [9.17, 15) is 13.2 Å². The van der Waals surface area contributed by atoms with Gasteiger partial charge in [-0.25, -0.2) is 0 Å². The van der Waals surface area contributed by atoms with Crippen molar-refractivity contribution >= 4 is 21.6 Å². The summed E-state index contributed by atoms with van der Waals surface area (Å²) in [7, 11) is 0. The highest BCUT2D eigenvalue weighted by Crippen LogP contribution is 2.20. The first-order valence-electron chi connectivity index (χ1n) is 4.70. The third-order valence-electron chi connectivity index (χ3n) is 1.97. The first-order chi connectivity index (χ1) is 7.38. The summed E-state index contributed by atoms with van der Waals surface area (Å²) in [5.41, 5.74) is 7.08. The van der Waals surface area contributed by atoms with Crippen LogP contribution in [0.2, 0.25) is 0 Å². The molecule has 16 heavy (non-hydrogen) atoms. The fraction of sp³-hybridized carbons (Fsp3) is 0.400. The maximum atomic E-state index is 11.8. The van der Waals surface area contributed by atoms with Gasteiger partial charge in [0, 0.05) is 23.2 Å². The molecule has 0 heterocycles. The summed E-state index contributed by atoms with van der Waals surface area (Å²) in [5.74, 6) is 0. The number of hydrogen-bond donors (Lipinski definition) is 2. The molecular weight excluding hydrogens is 285 g/mol. The molecule has 3 N–H and O–H groups in total. The minimum absolute atomic E-state index is 0.0839. The van der Waals surface area contributed by atoms with Gasteiger partial charge in [0.15, 0.2) is 0 Å². The van der Waals surface area contributed by atoms with Gasteiger partial charge in [0.05, 0.1) is 6.42 Å². The van der Waals surface area contributed by atoms with E-state index in [1.54, 1.807) is 18.2 Å². The molecule has 0 aromatic heterocycles. The molecule has 0 atom stereocenters. The van der Waals surface area contributed by atoms with Crippen LogP contribution in [0.4, 0.5) is 18.9 Å². The van der Waals surface area contributed by atoms with Gasteiger partial charge in [-0.1, -0.05) is 6.07 Å². The van der Waals surface area contributed by atoms with Crippen LogP contribution in [0, 0.1) is 0 Å². The lowest BCUT2D eigenvalue weighted by Gasteiger charge is -2.08. The number of benzene rings is 1. The maximum absolute atomic E-state index is 11.8. The van der Waals surface area contributed by atoms with E-state index in [2.05, 4.69) is 21.2 Å². The molecule has 0 saturated heterocycles. The minimum atomic E-state index is -4.11. The van der Waals surface area contributed by atoms with E-state index in [1.165, 1.54) is 0 Å². The fourth-order valence-corrected chi connectivity index (χ4v) is 1.41. The molecule has 0 radical (unpaired) electrons. The number of halogens is 4. The van der Waals surface area contributed by atoms with Crippen LogP contribution in [0.25, 0.3) is 0 Å². The Hall–Kier alpha value is -0.750. The standard InChI is InChI=1S/C10H12BrF3N2/c11-8-2-1-7(5-9(8)15)6-16-4-3-10(12,13)14/h1-2,5,16H,3-4,6,15H2. The van der Waals surface area contributed by atoms with Crippen LogP contribution >= 0.6 is 15.9 Å². The van der Waals surface area contributed by atoms with Gasteiger partial charge in [-0.3, -0.25) is 0 Å². The average Bonchev–Trinajstić information content (AvgIpc) is 2.17. The molecule has 0 aliphatic carbocycles. The van der Waals surface area contributed by atoms with Crippen molar-refractivity contribution < 1.29 is 13.2 Å². The summed E-state index contributed by atoms with van der Waals surface area (Å²) in [6.45, 7) is 0.299. The molecule has 0 fully saturated rings. The second-order valence-corrected chi connectivity index (χ2v) is 4.25. The number of nitrogens with two attached hydrogens (primary N) is 1. The fourth-order valence-electron chi connectivity index (χ4n) is 1.17. The molecule has 1 aromatic rings. The van der Waals surface area contributed by atoms with Gasteiger partial charge in [-0.15, -0.1) is 0 Å². The van der Waals surface area contributed by atoms with E-state index in [0.717, 1.165) is 10.0 Å². The predicted octanol–water partition coefficient (Wildman–Crippen LogP) is 3.07. The van der Waals surface area contributed by atoms with E-state index in [-0.39, 0.29) is 6.54 Å². The van der Waals surface area contributed by atoms with Crippen molar-refractivity contribution in [2.24, 2.45) is 0 Å². The zero-order chi connectivity index (χ0) is 12.2. The Morgan fingerprint density at radius 1 is 1.31 bits per heavy atom. The number of anilines is 1. The Kier molecular flexibility index (Phi) is 4.61. The van der Waals surface area contributed by atoms with E-state index in [0.29, 0.717) is 12.2 Å². The van der Waals surface area contributed by atoms with Crippen LogP contribution in [0.15, 0.2) is 22.7 Å². The van der Waals surface area contributed by atoms with Crippen molar-refractivity contribution in [3.63, 3.8) is 0 Å². The monoisotopic (exact) mass is 296 g/mol. The molecule has 0 amide bonds. The minimum Gasteiger partial charge on any atom is -0.398 e.